The van der Waals surface area contributed by atoms with Crippen LogP contribution in [0.15, 0.2) is 6.07 Å². The first-order valence-electron chi connectivity index (χ1n) is 4.92. The van der Waals surface area contributed by atoms with Gasteiger partial charge in [0.15, 0.2) is 11.3 Å². The molecule has 0 fully saturated rings. The number of hydrogen-bond acceptors (Lipinski definition) is 4. The van der Waals surface area contributed by atoms with E-state index in [1.807, 2.05) is 0 Å². The summed E-state index contributed by atoms with van der Waals surface area (Å²) < 4.78 is 5.15. The summed E-state index contributed by atoms with van der Waals surface area (Å²) in [4.78, 5) is 21.1. The van der Waals surface area contributed by atoms with Crippen LogP contribution in [0.1, 0.15) is 23.7 Å². The molecule has 18 heavy (non-hydrogen) atoms. The van der Waals surface area contributed by atoms with E-state index in [9.17, 15) is 14.9 Å². The Hall–Kier alpha value is -1.53. The third-order valence-corrected chi connectivity index (χ3v) is 2.58. The van der Waals surface area contributed by atoms with Crippen LogP contribution in [0.5, 0.6) is 5.75 Å². The fourth-order valence-electron chi connectivity index (χ4n) is 1.31. The highest BCUT2D eigenvalue weighted by molar-refractivity contribution is 6.38. The number of nitro benzene ring substituents is 1. The number of aromatic carboxylic acids is 1. The molecule has 0 atom stereocenters. The lowest BCUT2D eigenvalue weighted by molar-refractivity contribution is -0.385. The van der Waals surface area contributed by atoms with Crippen molar-refractivity contribution in [2.24, 2.45) is 0 Å². The van der Waals surface area contributed by atoms with E-state index in [-0.39, 0.29) is 22.4 Å². The Bertz CT molecular complexity index is 504. The first-order chi connectivity index (χ1) is 8.40. The van der Waals surface area contributed by atoms with Crippen molar-refractivity contribution in [1.29, 1.82) is 0 Å². The van der Waals surface area contributed by atoms with Gasteiger partial charge in [-0.1, -0.05) is 30.1 Å². The Morgan fingerprint density at radius 2 is 2.11 bits per heavy atom. The second-order valence-electron chi connectivity index (χ2n) is 3.30. The molecule has 0 saturated heterocycles. The van der Waals surface area contributed by atoms with Gasteiger partial charge in [-0.15, -0.1) is 0 Å². The molecule has 0 aliphatic heterocycles. The van der Waals surface area contributed by atoms with Gasteiger partial charge < -0.3 is 9.84 Å². The fourth-order valence-corrected chi connectivity index (χ4v) is 1.90. The van der Waals surface area contributed by atoms with Crippen molar-refractivity contribution in [2.75, 3.05) is 6.61 Å². The summed E-state index contributed by atoms with van der Waals surface area (Å²) >= 11 is 11.4. The molecule has 1 aromatic carbocycles. The summed E-state index contributed by atoms with van der Waals surface area (Å²) in [5.41, 5.74) is -1.36. The number of benzene rings is 1. The van der Waals surface area contributed by atoms with Gasteiger partial charge >= 0.3 is 11.7 Å². The van der Waals surface area contributed by atoms with Crippen molar-refractivity contribution in [3.05, 3.63) is 31.8 Å². The van der Waals surface area contributed by atoms with Crippen LogP contribution in [-0.2, 0) is 0 Å². The van der Waals surface area contributed by atoms with E-state index in [2.05, 4.69) is 0 Å². The average Bonchev–Trinajstić information content (AvgIpc) is 2.26. The second kappa shape index (κ2) is 5.88. The van der Waals surface area contributed by atoms with Gasteiger partial charge in [-0.05, 0) is 12.5 Å². The molecule has 0 radical (unpaired) electrons. The molecule has 1 aromatic rings. The van der Waals surface area contributed by atoms with Crippen LogP contribution < -0.4 is 4.74 Å². The number of hydrogen-bond donors (Lipinski definition) is 1. The summed E-state index contributed by atoms with van der Waals surface area (Å²) in [7, 11) is 0. The Kier molecular flexibility index (Phi) is 4.75. The van der Waals surface area contributed by atoms with Crippen LogP contribution in [0, 0.1) is 10.1 Å². The van der Waals surface area contributed by atoms with E-state index in [0.717, 1.165) is 6.07 Å². The zero-order valence-electron chi connectivity index (χ0n) is 9.27. The average molecular weight is 294 g/mol. The molecule has 0 spiro atoms. The predicted molar refractivity (Wildman–Crippen MR) is 65.9 cm³/mol. The standard InChI is InChI=1S/C10H9Cl2NO5/c1-2-3-18-9-6(12)4-5(11)8(13(16)17)7(9)10(14)15/h4H,2-3H2,1H3,(H,14,15). The monoisotopic (exact) mass is 293 g/mol. The minimum Gasteiger partial charge on any atom is -0.491 e. The molecule has 0 unspecified atom stereocenters. The van der Waals surface area contributed by atoms with E-state index in [1.165, 1.54) is 0 Å². The first-order valence-corrected chi connectivity index (χ1v) is 5.68. The van der Waals surface area contributed by atoms with Gasteiger partial charge in [0.2, 0.25) is 0 Å². The van der Waals surface area contributed by atoms with E-state index in [1.54, 1.807) is 6.92 Å². The second-order valence-corrected chi connectivity index (χ2v) is 4.12. The highest BCUT2D eigenvalue weighted by atomic mass is 35.5. The number of carboxylic acid groups (broad SMARTS) is 1. The van der Waals surface area contributed by atoms with Crippen LogP contribution in [-0.4, -0.2) is 22.6 Å². The summed E-state index contributed by atoms with van der Waals surface area (Å²) in [5.74, 6) is -1.75. The van der Waals surface area contributed by atoms with Crippen molar-refractivity contribution >= 4 is 34.9 Å². The molecule has 98 valence electrons. The zero-order chi connectivity index (χ0) is 13.9. The van der Waals surface area contributed by atoms with E-state index >= 15 is 0 Å². The maximum absolute atomic E-state index is 11.1. The largest absolute Gasteiger partial charge is 0.491 e. The molecule has 0 heterocycles. The quantitative estimate of drug-likeness (QED) is 0.664. The smallest absolute Gasteiger partial charge is 0.346 e. The Labute approximate surface area is 112 Å². The van der Waals surface area contributed by atoms with Crippen molar-refractivity contribution in [3.8, 4) is 5.75 Å². The molecule has 0 aliphatic carbocycles. The van der Waals surface area contributed by atoms with Crippen LogP contribution in [0.2, 0.25) is 10.0 Å². The minimum atomic E-state index is -1.52. The predicted octanol–water partition coefficient (Wildman–Crippen LogP) is 3.39. The maximum atomic E-state index is 11.1. The molecule has 0 aliphatic rings. The number of ether oxygens (including phenoxy) is 1. The number of carboxylic acids is 1. The third kappa shape index (κ3) is 2.83. The SMILES string of the molecule is CCCOc1c(Cl)cc(Cl)c([N+](=O)[O-])c1C(=O)O. The summed E-state index contributed by atoms with van der Waals surface area (Å²) in [6, 6.07) is 1.10. The van der Waals surface area contributed by atoms with Crippen molar-refractivity contribution in [1.82, 2.24) is 0 Å². The first kappa shape index (κ1) is 14.5. The highest BCUT2D eigenvalue weighted by Crippen LogP contribution is 2.40. The molecule has 0 aromatic heterocycles. The fraction of sp³-hybridized carbons (Fsp3) is 0.300. The number of carbonyl (C=O) groups is 1. The Balaban J connectivity index is 3.53. The lowest BCUT2D eigenvalue weighted by Crippen LogP contribution is -2.08. The molecular weight excluding hydrogens is 285 g/mol. The van der Waals surface area contributed by atoms with Crippen molar-refractivity contribution in [2.45, 2.75) is 13.3 Å². The maximum Gasteiger partial charge on any atom is 0.346 e. The summed E-state index contributed by atoms with van der Waals surface area (Å²) in [5, 5.41) is 19.5. The Morgan fingerprint density at radius 3 is 2.56 bits per heavy atom. The minimum absolute atomic E-state index is 0.0727. The Morgan fingerprint density at radius 1 is 1.50 bits per heavy atom. The molecule has 0 amide bonds. The molecule has 0 bridgehead atoms. The summed E-state index contributed by atoms with van der Waals surface area (Å²) in [6.45, 7) is 2.00. The third-order valence-electron chi connectivity index (χ3n) is 2.01. The normalized spacial score (nSPS) is 10.2. The van der Waals surface area contributed by atoms with Crippen LogP contribution in [0.3, 0.4) is 0 Å². The van der Waals surface area contributed by atoms with Gasteiger partial charge in [0.05, 0.1) is 16.6 Å². The summed E-state index contributed by atoms with van der Waals surface area (Å²) in [6.07, 6.45) is 0.603. The van der Waals surface area contributed by atoms with E-state index in [4.69, 9.17) is 33.0 Å². The van der Waals surface area contributed by atoms with Gasteiger partial charge in [-0.3, -0.25) is 10.1 Å². The van der Waals surface area contributed by atoms with Crippen LogP contribution in [0.25, 0.3) is 0 Å². The number of nitro groups is 1. The lowest BCUT2D eigenvalue weighted by atomic mass is 10.1. The molecule has 1 rings (SSSR count). The lowest BCUT2D eigenvalue weighted by Gasteiger charge is -2.11. The zero-order valence-corrected chi connectivity index (χ0v) is 10.8. The molecule has 8 heteroatoms. The van der Waals surface area contributed by atoms with Gasteiger partial charge in [0, 0.05) is 0 Å². The number of halogens is 2. The van der Waals surface area contributed by atoms with Gasteiger partial charge in [0.1, 0.15) is 5.02 Å². The van der Waals surface area contributed by atoms with E-state index < -0.39 is 22.1 Å². The van der Waals surface area contributed by atoms with Gasteiger partial charge in [0.25, 0.3) is 0 Å². The number of rotatable bonds is 5. The highest BCUT2D eigenvalue weighted by Gasteiger charge is 2.31. The topological polar surface area (TPSA) is 89.7 Å². The van der Waals surface area contributed by atoms with Gasteiger partial charge in [-0.25, -0.2) is 4.79 Å². The number of nitrogens with zero attached hydrogens (tertiary/aromatic N) is 1. The molecular formula is C10H9Cl2NO5. The van der Waals surface area contributed by atoms with Crippen LogP contribution in [0.4, 0.5) is 5.69 Å². The van der Waals surface area contributed by atoms with E-state index in [0.29, 0.717) is 6.42 Å². The molecule has 0 saturated carbocycles. The van der Waals surface area contributed by atoms with Crippen molar-refractivity contribution in [3.63, 3.8) is 0 Å². The van der Waals surface area contributed by atoms with Crippen LogP contribution >= 0.6 is 23.2 Å². The molecule has 6 nitrogen and oxygen atoms in total. The molecule has 1 N–H and O–H groups in total. The van der Waals surface area contributed by atoms with Gasteiger partial charge in [-0.2, -0.15) is 0 Å². The van der Waals surface area contributed by atoms with Crippen molar-refractivity contribution < 1.29 is 19.6 Å².